The molecule has 2 atom stereocenters. The summed E-state index contributed by atoms with van der Waals surface area (Å²) in [5.41, 5.74) is 0.584. The molecule has 2 unspecified atom stereocenters. The Bertz CT molecular complexity index is 685. The zero-order valence-electron chi connectivity index (χ0n) is 12.2. The van der Waals surface area contributed by atoms with Crippen molar-refractivity contribution in [3.05, 3.63) is 40.8 Å². The zero-order valence-corrected chi connectivity index (χ0v) is 12.2. The lowest BCUT2D eigenvalue weighted by Crippen LogP contribution is -2.48. The van der Waals surface area contributed by atoms with Crippen molar-refractivity contribution in [1.82, 2.24) is 9.38 Å². The molecule has 0 aromatic carbocycles. The number of anilines is 1. The first-order valence-corrected chi connectivity index (χ1v) is 7.05. The lowest BCUT2D eigenvalue weighted by atomic mass is 10.2. The predicted molar refractivity (Wildman–Crippen MR) is 79.9 cm³/mol. The number of pyridine rings is 1. The Labute approximate surface area is 122 Å². The van der Waals surface area contributed by atoms with Gasteiger partial charge in [-0.3, -0.25) is 9.20 Å². The molecule has 21 heavy (non-hydrogen) atoms. The Hall–Kier alpha value is -1.92. The highest BCUT2D eigenvalue weighted by molar-refractivity contribution is 5.48. The van der Waals surface area contributed by atoms with Gasteiger partial charge in [-0.15, -0.1) is 0 Å². The third-order valence-electron chi connectivity index (χ3n) is 3.56. The number of methoxy groups -OCH3 is 1. The van der Waals surface area contributed by atoms with Crippen molar-refractivity contribution in [3.8, 4) is 0 Å². The highest BCUT2D eigenvalue weighted by Gasteiger charge is 2.26. The van der Waals surface area contributed by atoms with E-state index in [2.05, 4.69) is 9.88 Å². The van der Waals surface area contributed by atoms with Crippen LogP contribution in [0.4, 0.5) is 5.82 Å². The summed E-state index contributed by atoms with van der Waals surface area (Å²) in [4.78, 5) is 18.8. The predicted octanol–water partition coefficient (Wildman–Crippen LogP) is 0.935. The first-order valence-electron chi connectivity index (χ1n) is 7.05. The minimum atomic E-state index is -0.0713. The van der Waals surface area contributed by atoms with Crippen LogP contribution < -0.4 is 10.5 Å². The van der Waals surface area contributed by atoms with Gasteiger partial charge in [0.1, 0.15) is 11.5 Å². The zero-order chi connectivity index (χ0) is 14.8. The van der Waals surface area contributed by atoms with Crippen molar-refractivity contribution in [3.63, 3.8) is 0 Å². The van der Waals surface area contributed by atoms with Crippen LogP contribution in [0.3, 0.4) is 0 Å². The summed E-state index contributed by atoms with van der Waals surface area (Å²) in [6.45, 7) is 3.94. The van der Waals surface area contributed by atoms with Gasteiger partial charge in [-0.05, 0) is 19.1 Å². The molecule has 6 heteroatoms. The van der Waals surface area contributed by atoms with E-state index in [-0.39, 0.29) is 17.8 Å². The number of ether oxygens (including phenoxy) is 2. The Balaban J connectivity index is 1.94. The molecule has 6 nitrogen and oxygen atoms in total. The van der Waals surface area contributed by atoms with E-state index in [1.54, 1.807) is 23.8 Å². The van der Waals surface area contributed by atoms with Crippen LogP contribution in [-0.4, -0.2) is 48.4 Å². The normalized spacial score (nSPS) is 22.7. The highest BCUT2D eigenvalue weighted by atomic mass is 16.5. The molecular weight excluding hydrogens is 270 g/mol. The largest absolute Gasteiger partial charge is 0.382 e. The van der Waals surface area contributed by atoms with E-state index in [1.165, 1.54) is 0 Å². The maximum Gasteiger partial charge on any atom is 0.259 e. The van der Waals surface area contributed by atoms with Gasteiger partial charge < -0.3 is 14.4 Å². The molecule has 1 aliphatic heterocycles. The average Bonchev–Trinajstić information content (AvgIpc) is 2.47. The van der Waals surface area contributed by atoms with E-state index in [4.69, 9.17) is 9.47 Å². The summed E-state index contributed by atoms with van der Waals surface area (Å²) in [7, 11) is 1.66. The summed E-state index contributed by atoms with van der Waals surface area (Å²) in [6.07, 6.45) is 1.80. The van der Waals surface area contributed by atoms with E-state index in [0.29, 0.717) is 24.6 Å². The maximum atomic E-state index is 12.2. The summed E-state index contributed by atoms with van der Waals surface area (Å²) in [5.74, 6) is 0.697. The van der Waals surface area contributed by atoms with Gasteiger partial charge in [0.15, 0.2) is 0 Å². The number of hydrogen-bond acceptors (Lipinski definition) is 5. The molecule has 3 rings (SSSR count). The van der Waals surface area contributed by atoms with Crippen molar-refractivity contribution in [1.29, 1.82) is 0 Å². The molecule has 1 aliphatic rings. The van der Waals surface area contributed by atoms with Crippen LogP contribution in [0, 0.1) is 0 Å². The maximum absolute atomic E-state index is 12.2. The van der Waals surface area contributed by atoms with Crippen LogP contribution in [0.15, 0.2) is 35.3 Å². The van der Waals surface area contributed by atoms with Gasteiger partial charge in [-0.1, -0.05) is 6.07 Å². The molecule has 0 spiro atoms. The van der Waals surface area contributed by atoms with E-state index >= 15 is 0 Å². The molecule has 3 heterocycles. The van der Waals surface area contributed by atoms with Gasteiger partial charge >= 0.3 is 0 Å². The fraction of sp³-hybridized carbons (Fsp3) is 0.467. The van der Waals surface area contributed by atoms with Crippen molar-refractivity contribution in [2.24, 2.45) is 0 Å². The van der Waals surface area contributed by atoms with Crippen molar-refractivity contribution in [2.75, 3.05) is 31.7 Å². The molecule has 112 valence electrons. The fourth-order valence-electron chi connectivity index (χ4n) is 2.71. The summed E-state index contributed by atoms with van der Waals surface area (Å²) in [5, 5.41) is 0. The Kier molecular flexibility index (Phi) is 3.90. The van der Waals surface area contributed by atoms with Crippen LogP contribution in [0.2, 0.25) is 0 Å². The number of morpholine rings is 1. The van der Waals surface area contributed by atoms with Crippen molar-refractivity contribution < 1.29 is 9.47 Å². The second kappa shape index (κ2) is 5.83. The van der Waals surface area contributed by atoms with Gasteiger partial charge in [-0.2, -0.15) is 0 Å². The second-order valence-electron chi connectivity index (χ2n) is 5.31. The van der Waals surface area contributed by atoms with Crippen LogP contribution in [-0.2, 0) is 9.47 Å². The summed E-state index contributed by atoms with van der Waals surface area (Å²) in [6, 6.07) is 7.11. The van der Waals surface area contributed by atoms with Gasteiger partial charge in [0.2, 0.25) is 0 Å². The number of hydrogen-bond donors (Lipinski definition) is 0. The Morgan fingerprint density at radius 1 is 1.43 bits per heavy atom. The number of nitrogens with zero attached hydrogens (tertiary/aromatic N) is 3. The highest BCUT2D eigenvalue weighted by Crippen LogP contribution is 2.18. The third-order valence-corrected chi connectivity index (χ3v) is 3.56. The first kappa shape index (κ1) is 14.0. The smallest absolute Gasteiger partial charge is 0.259 e. The van der Waals surface area contributed by atoms with Crippen molar-refractivity contribution in [2.45, 2.75) is 19.1 Å². The molecule has 0 aliphatic carbocycles. The summed E-state index contributed by atoms with van der Waals surface area (Å²) < 4.78 is 12.5. The lowest BCUT2D eigenvalue weighted by Gasteiger charge is -2.37. The molecule has 0 amide bonds. The van der Waals surface area contributed by atoms with E-state index < -0.39 is 0 Å². The molecule has 0 bridgehead atoms. The van der Waals surface area contributed by atoms with Gasteiger partial charge in [0, 0.05) is 32.5 Å². The number of aromatic nitrogens is 2. The molecule has 0 saturated carbocycles. The minimum Gasteiger partial charge on any atom is -0.382 e. The second-order valence-corrected chi connectivity index (χ2v) is 5.31. The topological polar surface area (TPSA) is 56.1 Å². The van der Waals surface area contributed by atoms with Gasteiger partial charge in [0.05, 0.1) is 18.8 Å². The van der Waals surface area contributed by atoms with Crippen molar-refractivity contribution >= 4 is 11.5 Å². The molecular formula is C15H19N3O3. The van der Waals surface area contributed by atoms with Crippen LogP contribution in [0.1, 0.15) is 6.92 Å². The van der Waals surface area contributed by atoms with Crippen LogP contribution in [0.5, 0.6) is 0 Å². The SMILES string of the molecule is COCC1CN(c2cc(=O)n3ccccc3n2)CC(C)O1. The first-order chi connectivity index (χ1) is 10.2. The Morgan fingerprint density at radius 2 is 2.29 bits per heavy atom. The van der Waals surface area contributed by atoms with Crippen LogP contribution in [0.25, 0.3) is 5.65 Å². The van der Waals surface area contributed by atoms with Gasteiger partial charge in [-0.25, -0.2) is 4.98 Å². The molecule has 0 radical (unpaired) electrons. The quantitative estimate of drug-likeness (QED) is 0.841. The Morgan fingerprint density at radius 3 is 3.10 bits per heavy atom. The lowest BCUT2D eigenvalue weighted by molar-refractivity contribution is -0.0512. The van der Waals surface area contributed by atoms with Gasteiger partial charge in [0.25, 0.3) is 5.56 Å². The fourth-order valence-corrected chi connectivity index (χ4v) is 2.71. The van der Waals surface area contributed by atoms with E-state index in [1.807, 2.05) is 25.1 Å². The molecule has 1 fully saturated rings. The van der Waals surface area contributed by atoms with Crippen LogP contribution >= 0.6 is 0 Å². The molecule has 1 saturated heterocycles. The van der Waals surface area contributed by atoms with E-state index in [0.717, 1.165) is 6.54 Å². The molecule has 2 aromatic rings. The monoisotopic (exact) mass is 289 g/mol. The number of fused-ring (bicyclic) bond motifs is 1. The minimum absolute atomic E-state index is 0.00484. The number of rotatable bonds is 3. The summed E-state index contributed by atoms with van der Waals surface area (Å²) >= 11 is 0. The van der Waals surface area contributed by atoms with E-state index in [9.17, 15) is 4.79 Å². The standard InChI is InChI=1S/C15H19N3O3/c1-11-8-17(9-12(21-11)10-20-2)14-7-15(19)18-6-4-3-5-13(18)16-14/h3-7,11-12H,8-10H2,1-2H3. The molecule has 0 N–H and O–H groups in total. The third kappa shape index (κ3) is 2.91. The molecule has 2 aromatic heterocycles. The average molecular weight is 289 g/mol.